The molecule has 0 spiro atoms. The second-order valence-corrected chi connectivity index (χ2v) is 5.73. The standard InChI is InChI=1S/C13H17BrN2O3/c1-15(9-11-3-2-6-19-11)8-10-4-5-12(14)13(7-10)16(17)18/h4-5,7,11H,2-3,6,8-9H2,1H3. The second-order valence-electron chi connectivity index (χ2n) is 4.87. The van der Waals surface area contributed by atoms with E-state index < -0.39 is 0 Å². The SMILES string of the molecule is CN(Cc1ccc(Br)c([N+](=O)[O-])c1)CC1CCCO1. The van der Waals surface area contributed by atoms with Gasteiger partial charge in [0.2, 0.25) is 0 Å². The molecule has 5 nitrogen and oxygen atoms in total. The van der Waals surface area contributed by atoms with Gasteiger partial charge >= 0.3 is 0 Å². The van der Waals surface area contributed by atoms with Crippen LogP contribution in [-0.4, -0.2) is 36.1 Å². The highest BCUT2D eigenvalue weighted by molar-refractivity contribution is 9.10. The van der Waals surface area contributed by atoms with E-state index in [4.69, 9.17) is 4.74 Å². The van der Waals surface area contributed by atoms with E-state index in [1.165, 1.54) is 0 Å². The van der Waals surface area contributed by atoms with Crippen LogP contribution < -0.4 is 0 Å². The Kier molecular flexibility index (Phi) is 4.90. The molecular weight excluding hydrogens is 312 g/mol. The van der Waals surface area contributed by atoms with Crippen LogP contribution in [0.1, 0.15) is 18.4 Å². The maximum Gasteiger partial charge on any atom is 0.283 e. The van der Waals surface area contributed by atoms with Gasteiger partial charge in [0.1, 0.15) is 0 Å². The number of nitro benzene ring substituents is 1. The molecule has 1 atom stereocenters. The summed E-state index contributed by atoms with van der Waals surface area (Å²) in [7, 11) is 2.01. The number of rotatable bonds is 5. The van der Waals surface area contributed by atoms with Crippen LogP contribution in [0.25, 0.3) is 0 Å². The van der Waals surface area contributed by atoms with E-state index in [1.807, 2.05) is 13.1 Å². The summed E-state index contributed by atoms with van der Waals surface area (Å²) in [5.41, 5.74) is 1.05. The quantitative estimate of drug-likeness (QED) is 0.616. The monoisotopic (exact) mass is 328 g/mol. The summed E-state index contributed by atoms with van der Waals surface area (Å²) in [5, 5.41) is 10.9. The maximum absolute atomic E-state index is 10.9. The second kappa shape index (κ2) is 6.45. The fraction of sp³-hybridized carbons (Fsp3) is 0.538. The number of nitro groups is 1. The molecule has 1 aromatic carbocycles. The molecule has 0 N–H and O–H groups in total. The fourth-order valence-corrected chi connectivity index (χ4v) is 2.70. The minimum atomic E-state index is -0.367. The van der Waals surface area contributed by atoms with Crippen molar-refractivity contribution in [3.8, 4) is 0 Å². The molecule has 19 heavy (non-hydrogen) atoms. The Hall–Kier alpha value is -0.980. The number of hydrogen-bond donors (Lipinski definition) is 0. The van der Waals surface area contributed by atoms with Crippen molar-refractivity contribution in [3.63, 3.8) is 0 Å². The minimum absolute atomic E-state index is 0.114. The van der Waals surface area contributed by atoms with Gasteiger partial charge in [-0.3, -0.25) is 15.0 Å². The van der Waals surface area contributed by atoms with E-state index in [2.05, 4.69) is 20.8 Å². The summed E-state index contributed by atoms with van der Waals surface area (Å²) in [6.07, 6.45) is 2.53. The van der Waals surface area contributed by atoms with Crippen molar-refractivity contribution in [2.45, 2.75) is 25.5 Å². The van der Waals surface area contributed by atoms with Gasteiger partial charge in [-0.25, -0.2) is 0 Å². The third kappa shape index (κ3) is 3.99. The van der Waals surface area contributed by atoms with Crippen molar-refractivity contribution in [2.24, 2.45) is 0 Å². The number of halogens is 1. The van der Waals surface area contributed by atoms with Crippen LogP contribution >= 0.6 is 15.9 Å². The van der Waals surface area contributed by atoms with Crippen molar-refractivity contribution < 1.29 is 9.66 Å². The summed E-state index contributed by atoms with van der Waals surface area (Å²) in [6, 6.07) is 5.26. The highest BCUT2D eigenvalue weighted by Gasteiger charge is 2.18. The molecule has 0 radical (unpaired) electrons. The van der Waals surface area contributed by atoms with E-state index in [0.29, 0.717) is 17.1 Å². The summed E-state index contributed by atoms with van der Waals surface area (Å²) in [4.78, 5) is 12.7. The molecular formula is C13H17BrN2O3. The van der Waals surface area contributed by atoms with Gasteiger partial charge in [-0.1, -0.05) is 6.07 Å². The van der Waals surface area contributed by atoms with E-state index in [1.54, 1.807) is 12.1 Å². The molecule has 0 saturated carbocycles. The van der Waals surface area contributed by atoms with Gasteiger partial charge in [0.05, 0.1) is 15.5 Å². The Bertz CT molecular complexity index is 461. The topological polar surface area (TPSA) is 55.6 Å². The first-order valence-corrected chi connectivity index (χ1v) is 7.08. The highest BCUT2D eigenvalue weighted by atomic mass is 79.9. The van der Waals surface area contributed by atoms with Crippen molar-refractivity contribution in [1.82, 2.24) is 4.90 Å². The van der Waals surface area contributed by atoms with Gasteiger partial charge in [-0.2, -0.15) is 0 Å². The molecule has 1 heterocycles. The number of nitrogens with zero attached hydrogens (tertiary/aromatic N) is 2. The third-order valence-corrected chi connectivity index (χ3v) is 3.87. The molecule has 2 rings (SSSR count). The maximum atomic E-state index is 10.9. The third-order valence-electron chi connectivity index (χ3n) is 3.20. The average Bonchev–Trinajstić information content (AvgIpc) is 2.84. The lowest BCUT2D eigenvalue weighted by Crippen LogP contribution is -2.28. The Morgan fingerprint density at radius 3 is 3.00 bits per heavy atom. The van der Waals surface area contributed by atoms with Gasteiger partial charge in [0.25, 0.3) is 5.69 Å². The molecule has 0 amide bonds. The van der Waals surface area contributed by atoms with Crippen molar-refractivity contribution in [3.05, 3.63) is 38.3 Å². The highest BCUT2D eigenvalue weighted by Crippen LogP contribution is 2.26. The average molecular weight is 329 g/mol. The lowest BCUT2D eigenvalue weighted by Gasteiger charge is -2.20. The summed E-state index contributed by atoms with van der Waals surface area (Å²) >= 11 is 3.19. The Labute approximate surface area is 120 Å². The summed E-state index contributed by atoms with van der Waals surface area (Å²) in [5.74, 6) is 0. The van der Waals surface area contributed by atoms with Gasteiger partial charge in [0, 0.05) is 25.8 Å². The lowest BCUT2D eigenvalue weighted by atomic mass is 10.1. The van der Waals surface area contributed by atoms with Crippen LogP contribution in [0.3, 0.4) is 0 Å². The Morgan fingerprint density at radius 2 is 2.37 bits per heavy atom. The van der Waals surface area contributed by atoms with Crippen molar-refractivity contribution in [1.29, 1.82) is 0 Å². The molecule has 1 aliphatic rings. The molecule has 1 unspecified atom stereocenters. The zero-order chi connectivity index (χ0) is 13.8. The normalized spacial score (nSPS) is 19.0. The molecule has 0 aromatic heterocycles. The fourth-order valence-electron chi connectivity index (χ4n) is 2.31. The van der Waals surface area contributed by atoms with E-state index in [-0.39, 0.29) is 10.6 Å². The number of ether oxygens (including phenoxy) is 1. The first-order valence-electron chi connectivity index (χ1n) is 6.29. The van der Waals surface area contributed by atoms with Crippen molar-refractivity contribution >= 4 is 21.6 Å². The van der Waals surface area contributed by atoms with Crippen LogP contribution in [0.15, 0.2) is 22.7 Å². The predicted molar refractivity (Wildman–Crippen MR) is 76.1 cm³/mol. The van der Waals surface area contributed by atoms with Crippen molar-refractivity contribution in [2.75, 3.05) is 20.2 Å². The van der Waals surface area contributed by atoms with Crippen LogP contribution in [-0.2, 0) is 11.3 Å². The molecule has 0 aliphatic carbocycles. The van der Waals surface area contributed by atoms with Crippen LogP contribution in [0.5, 0.6) is 0 Å². The molecule has 1 fully saturated rings. The molecule has 1 aliphatic heterocycles. The molecule has 104 valence electrons. The molecule has 1 aromatic rings. The first kappa shape index (κ1) is 14.4. The molecule has 6 heteroatoms. The van der Waals surface area contributed by atoms with Crippen LogP contribution in [0.4, 0.5) is 5.69 Å². The molecule has 1 saturated heterocycles. The lowest BCUT2D eigenvalue weighted by molar-refractivity contribution is -0.385. The van der Waals surface area contributed by atoms with Gasteiger partial charge in [-0.15, -0.1) is 0 Å². The number of likely N-dealkylation sites (N-methyl/N-ethyl adjacent to an activating group) is 1. The Balaban J connectivity index is 1.98. The van der Waals surface area contributed by atoms with Crippen LogP contribution in [0, 0.1) is 10.1 Å². The largest absolute Gasteiger partial charge is 0.377 e. The first-order chi connectivity index (χ1) is 9.06. The number of hydrogen-bond acceptors (Lipinski definition) is 4. The molecule has 0 bridgehead atoms. The zero-order valence-electron chi connectivity index (χ0n) is 10.8. The minimum Gasteiger partial charge on any atom is -0.377 e. The van der Waals surface area contributed by atoms with E-state index in [0.717, 1.165) is 31.6 Å². The number of benzene rings is 1. The van der Waals surface area contributed by atoms with Gasteiger partial charge < -0.3 is 4.74 Å². The van der Waals surface area contributed by atoms with Crippen LogP contribution in [0.2, 0.25) is 0 Å². The zero-order valence-corrected chi connectivity index (χ0v) is 12.4. The van der Waals surface area contributed by atoms with Gasteiger partial charge in [0.15, 0.2) is 0 Å². The summed E-state index contributed by atoms with van der Waals surface area (Å²) < 4.78 is 6.10. The van der Waals surface area contributed by atoms with Gasteiger partial charge in [-0.05, 0) is 47.4 Å². The predicted octanol–water partition coefficient (Wildman–Crippen LogP) is 2.97. The Morgan fingerprint density at radius 1 is 1.58 bits per heavy atom. The summed E-state index contributed by atoms with van der Waals surface area (Å²) in [6.45, 7) is 2.40. The smallest absolute Gasteiger partial charge is 0.283 e. The van der Waals surface area contributed by atoms with E-state index in [9.17, 15) is 10.1 Å². The van der Waals surface area contributed by atoms with E-state index >= 15 is 0 Å².